The van der Waals surface area contributed by atoms with E-state index in [1.807, 2.05) is 13.1 Å². The Labute approximate surface area is 124 Å². The molecule has 0 aromatic carbocycles. The second-order valence-corrected chi connectivity index (χ2v) is 5.68. The molecule has 2 heterocycles. The van der Waals surface area contributed by atoms with E-state index in [0.29, 0.717) is 18.3 Å². The Kier molecular flexibility index (Phi) is 5.14. The molecule has 0 aliphatic heterocycles. The van der Waals surface area contributed by atoms with Crippen molar-refractivity contribution in [1.82, 2.24) is 19.7 Å². The van der Waals surface area contributed by atoms with Gasteiger partial charge < -0.3 is 9.88 Å². The molecule has 0 unspecified atom stereocenters. The molecule has 0 aliphatic rings. The van der Waals surface area contributed by atoms with Gasteiger partial charge in [0.25, 0.3) is 5.56 Å². The number of aromatic nitrogens is 4. The third kappa shape index (κ3) is 4.18. The van der Waals surface area contributed by atoms with Crippen LogP contribution in [0.3, 0.4) is 0 Å². The van der Waals surface area contributed by atoms with E-state index in [-0.39, 0.29) is 5.56 Å². The summed E-state index contributed by atoms with van der Waals surface area (Å²) >= 11 is 0. The minimum Gasteiger partial charge on any atom is -0.365 e. The van der Waals surface area contributed by atoms with Gasteiger partial charge in [-0.15, -0.1) is 0 Å². The van der Waals surface area contributed by atoms with E-state index in [0.717, 1.165) is 25.1 Å². The lowest BCUT2D eigenvalue weighted by molar-refractivity contribution is 0.509. The normalized spacial score (nSPS) is 11.0. The quantitative estimate of drug-likeness (QED) is 0.764. The van der Waals surface area contributed by atoms with Crippen LogP contribution in [0.1, 0.15) is 31.5 Å². The van der Waals surface area contributed by atoms with Gasteiger partial charge in [0, 0.05) is 31.2 Å². The van der Waals surface area contributed by atoms with Gasteiger partial charge in [-0.25, -0.2) is 4.98 Å². The summed E-state index contributed by atoms with van der Waals surface area (Å²) in [4.78, 5) is 16.3. The van der Waals surface area contributed by atoms with Crippen LogP contribution < -0.4 is 10.9 Å². The number of H-pyrrole nitrogens is 1. The number of anilines is 1. The summed E-state index contributed by atoms with van der Waals surface area (Å²) in [5.41, 5.74) is 2.27. The van der Waals surface area contributed by atoms with Crippen molar-refractivity contribution in [3.05, 3.63) is 40.2 Å². The molecular weight excluding hydrogens is 266 g/mol. The van der Waals surface area contributed by atoms with Crippen molar-refractivity contribution in [2.45, 2.75) is 40.2 Å². The smallest absolute Gasteiger partial charge is 0.293 e. The summed E-state index contributed by atoms with van der Waals surface area (Å²) in [6.07, 6.45) is 7.13. The first kappa shape index (κ1) is 15.3. The summed E-state index contributed by atoms with van der Waals surface area (Å²) in [7, 11) is 0. The molecular formula is C15H23N5O. The van der Waals surface area contributed by atoms with Crippen LogP contribution in [-0.4, -0.2) is 26.3 Å². The topological polar surface area (TPSA) is 75.6 Å². The monoisotopic (exact) mass is 289 g/mol. The summed E-state index contributed by atoms with van der Waals surface area (Å²) in [5, 5.41) is 10.1. The minimum atomic E-state index is -0.0503. The molecule has 6 nitrogen and oxygen atoms in total. The lowest BCUT2D eigenvalue weighted by Crippen LogP contribution is -2.26. The Morgan fingerprint density at radius 1 is 1.43 bits per heavy atom. The second kappa shape index (κ2) is 7.06. The van der Waals surface area contributed by atoms with Crippen LogP contribution in [-0.2, 0) is 13.0 Å². The molecule has 0 radical (unpaired) electrons. The van der Waals surface area contributed by atoms with Gasteiger partial charge in [0.05, 0.1) is 6.20 Å². The molecule has 0 aliphatic carbocycles. The van der Waals surface area contributed by atoms with Crippen molar-refractivity contribution in [2.75, 3.05) is 11.9 Å². The van der Waals surface area contributed by atoms with Crippen molar-refractivity contribution < 1.29 is 0 Å². The Balaban J connectivity index is 1.88. The van der Waals surface area contributed by atoms with Crippen LogP contribution >= 0.6 is 0 Å². The van der Waals surface area contributed by atoms with Crippen molar-refractivity contribution in [1.29, 1.82) is 0 Å². The van der Waals surface area contributed by atoms with Gasteiger partial charge >= 0.3 is 0 Å². The molecule has 0 fully saturated rings. The lowest BCUT2D eigenvalue weighted by atomic mass is 10.1. The molecule has 0 bridgehead atoms. The number of nitrogens with zero attached hydrogens (tertiary/aromatic N) is 3. The van der Waals surface area contributed by atoms with Crippen LogP contribution in [0.25, 0.3) is 0 Å². The fourth-order valence-corrected chi connectivity index (χ4v) is 2.22. The Bertz CT molecular complexity index is 629. The molecule has 0 atom stereocenters. The molecule has 2 N–H and O–H groups in total. The second-order valence-electron chi connectivity index (χ2n) is 5.68. The Morgan fingerprint density at radius 3 is 2.90 bits per heavy atom. The number of nitrogens with one attached hydrogen (secondary N) is 2. The van der Waals surface area contributed by atoms with Crippen LogP contribution in [0, 0.1) is 12.8 Å². The zero-order valence-corrected chi connectivity index (χ0v) is 12.9. The molecule has 6 heteroatoms. The molecule has 2 aromatic rings. The highest BCUT2D eigenvalue weighted by atomic mass is 16.1. The molecule has 0 saturated heterocycles. The molecule has 21 heavy (non-hydrogen) atoms. The number of aryl methyl sites for hydroxylation is 2. The largest absolute Gasteiger partial charge is 0.365 e. The Hall–Kier alpha value is -2.11. The number of hydrogen-bond donors (Lipinski definition) is 2. The first-order valence-corrected chi connectivity index (χ1v) is 7.36. The summed E-state index contributed by atoms with van der Waals surface area (Å²) < 4.78 is 1.71. The van der Waals surface area contributed by atoms with Gasteiger partial charge in [0.1, 0.15) is 0 Å². The fraction of sp³-hybridized carbons (Fsp3) is 0.533. The van der Waals surface area contributed by atoms with Crippen LogP contribution in [0.5, 0.6) is 0 Å². The summed E-state index contributed by atoms with van der Waals surface area (Å²) in [6.45, 7) is 7.63. The summed E-state index contributed by atoms with van der Waals surface area (Å²) in [6, 6.07) is 0. The van der Waals surface area contributed by atoms with E-state index in [1.54, 1.807) is 17.0 Å². The molecule has 114 valence electrons. The number of aromatic amines is 1. The standard InChI is InChI=1S/C15H23N5O/c1-11(2)10-20-8-7-17-14(15(20)21)16-6-4-5-13-9-18-19-12(13)3/h7-9,11H,4-6,10H2,1-3H3,(H,16,17)(H,18,19). The van der Waals surface area contributed by atoms with Crippen molar-refractivity contribution in [2.24, 2.45) is 5.92 Å². The molecule has 2 aromatic heterocycles. The average molecular weight is 289 g/mol. The minimum absolute atomic E-state index is 0.0503. The van der Waals surface area contributed by atoms with Gasteiger partial charge in [0.2, 0.25) is 0 Å². The highest BCUT2D eigenvalue weighted by molar-refractivity contribution is 5.30. The molecule has 0 saturated carbocycles. The van der Waals surface area contributed by atoms with E-state index >= 15 is 0 Å². The van der Waals surface area contributed by atoms with Crippen LogP contribution in [0.15, 0.2) is 23.4 Å². The average Bonchev–Trinajstić information content (AvgIpc) is 2.84. The van der Waals surface area contributed by atoms with Crippen molar-refractivity contribution in [3.63, 3.8) is 0 Å². The van der Waals surface area contributed by atoms with Crippen LogP contribution in [0.2, 0.25) is 0 Å². The van der Waals surface area contributed by atoms with Crippen molar-refractivity contribution in [3.8, 4) is 0 Å². The van der Waals surface area contributed by atoms with E-state index in [9.17, 15) is 4.79 Å². The first-order valence-electron chi connectivity index (χ1n) is 7.36. The van der Waals surface area contributed by atoms with E-state index < -0.39 is 0 Å². The number of rotatable bonds is 7. The zero-order valence-electron chi connectivity index (χ0n) is 12.9. The first-order chi connectivity index (χ1) is 10.1. The predicted molar refractivity (Wildman–Crippen MR) is 83.5 cm³/mol. The SMILES string of the molecule is Cc1[nH]ncc1CCCNc1nccn(CC(C)C)c1=O. The predicted octanol–water partition coefficient (Wildman–Crippen LogP) is 1.98. The van der Waals surface area contributed by atoms with E-state index in [2.05, 4.69) is 34.3 Å². The Morgan fingerprint density at radius 2 is 2.24 bits per heavy atom. The maximum atomic E-state index is 12.2. The molecule has 0 spiro atoms. The third-order valence-electron chi connectivity index (χ3n) is 3.33. The van der Waals surface area contributed by atoms with Gasteiger partial charge in [0.15, 0.2) is 5.82 Å². The van der Waals surface area contributed by atoms with Crippen LogP contribution in [0.4, 0.5) is 5.82 Å². The summed E-state index contributed by atoms with van der Waals surface area (Å²) in [5.74, 6) is 0.865. The molecule has 2 rings (SSSR count). The van der Waals surface area contributed by atoms with Crippen molar-refractivity contribution >= 4 is 5.82 Å². The van der Waals surface area contributed by atoms with Gasteiger partial charge in [-0.05, 0) is 31.2 Å². The lowest BCUT2D eigenvalue weighted by Gasteiger charge is -2.10. The zero-order chi connectivity index (χ0) is 15.2. The van der Waals surface area contributed by atoms with Gasteiger partial charge in [-0.3, -0.25) is 9.89 Å². The maximum absolute atomic E-state index is 12.2. The molecule has 0 amide bonds. The highest BCUT2D eigenvalue weighted by Gasteiger charge is 2.06. The van der Waals surface area contributed by atoms with Gasteiger partial charge in [-0.2, -0.15) is 5.10 Å². The fourth-order valence-electron chi connectivity index (χ4n) is 2.22. The third-order valence-corrected chi connectivity index (χ3v) is 3.33. The van der Waals surface area contributed by atoms with E-state index in [1.165, 1.54) is 5.56 Å². The van der Waals surface area contributed by atoms with E-state index in [4.69, 9.17) is 0 Å². The maximum Gasteiger partial charge on any atom is 0.293 e. The highest BCUT2D eigenvalue weighted by Crippen LogP contribution is 2.06. The number of hydrogen-bond acceptors (Lipinski definition) is 4. The van der Waals surface area contributed by atoms with Gasteiger partial charge in [-0.1, -0.05) is 13.8 Å².